The fraction of sp³-hybridized carbons (Fsp3) is 0.389. The minimum atomic E-state index is -5.03. The molecule has 1 aromatic heterocycles. The van der Waals surface area contributed by atoms with Crippen LogP contribution < -0.4 is 15.4 Å². The van der Waals surface area contributed by atoms with Crippen molar-refractivity contribution < 1.29 is 45.1 Å². The van der Waals surface area contributed by atoms with Gasteiger partial charge in [0.2, 0.25) is 5.91 Å². The van der Waals surface area contributed by atoms with Gasteiger partial charge in [0, 0.05) is 13.1 Å². The van der Waals surface area contributed by atoms with Crippen LogP contribution in [0.2, 0.25) is 5.02 Å². The number of hydrogen-bond acceptors (Lipinski definition) is 5. The molecule has 180 valence electrons. The van der Waals surface area contributed by atoms with E-state index in [-0.39, 0.29) is 18.7 Å². The van der Waals surface area contributed by atoms with Gasteiger partial charge in [0.25, 0.3) is 0 Å². The van der Waals surface area contributed by atoms with E-state index in [4.69, 9.17) is 11.6 Å². The fourth-order valence-corrected chi connectivity index (χ4v) is 3.27. The lowest BCUT2D eigenvalue weighted by Crippen LogP contribution is -2.58. The van der Waals surface area contributed by atoms with Crippen molar-refractivity contribution in [3.8, 4) is 5.75 Å². The zero-order chi connectivity index (χ0) is 24.6. The van der Waals surface area contributed by atoms with Crippen LogP contribution in [-0.4, -0.2) is 47.3 Å². The molecule has 2 atom stereocenters. The van der Waals surface area contributed by atoms with Crippen LogP contribution in [0.1, 0.15) is 30.1 Å². The molecule has 2 N–H and O–H groups in total. The van der Waals surface area contributed by atoms with E-state index in [0.717, 1.165) is 23.1 Å². The summed E-state index contributed by atoms with van der Waals surface area (Å²) in [6, 6.07) is -0.244. The molecule has 1 fully saturated rings. The third-order valence-electron chi connectivity index (χ3n) is 4.60. The second-order valence-corrected chi connectivity index (χ2v) is 7.26. The normalized spacial score (nSPS) is 18.0. The van der Waals surface area contributed by atoms with Crippen LogP contribution in [0.15, 0.2) is 28.9 Å². The van der Waals surface area contributed by atoms with Gasteiger partial charge in [-0.3, -0.25) is 4.79 Å². The van der Waals surface area contributed by atoms with Crippen LogP contribution >= 0.6 is 11.6 Å². The topological polar surface area (TPSA) is 96.7 Å². The Labute approximate surface area is 186 Å². The predicted octanol–water partition coefficient (Wildman–Crippen LogP) is 3.86. The first-order chi connectivity index (χ1) is 15.3. The zero-order valence-corrected chi connectivity index (χ0v) is 17.3. The molecule has 2 aromatic rings. The Morgan fingerprint density at radius 3 is 2.61 bits per heavy atom. The number of urea groups is 1. The molecule has 33 heavy (non-hydrogen) atoms. The van der Waals surface area contributed by atoms with Crippen molar-refractivity contribution in [2.75, 3.05) is 13.1 Å². The Bertz CT molecular complexity index is 1040. The van der Waals surface area contributed by atoms with Gasteiger partial charge in [-0.25, -0.2) is 9.78 Å². The first-order valence-electron chi connectivity index (χ1n) is 9.19. The quantitative estimate of drug-likeness (QED) is 0.621. The van der Waals surface area contributed by atoms with Crippen molar-refractivity contribution in [3.05, 3.63) is 46.6 Å². The van der Waals surface area contributed by atoms with Gasteiger partial charge in [0.1, 0.15) is 29.8 Å². The number of carbonyl (C=O) groups excluding carboxylic acids is 2. The summed E-state index contributed by atoms with van der Waals surface area (Å²) in [6.45, 7) is 1.71. The second-order valence-electron chi connectivity index (χ2n) is 6.86. The van der Waals surface area contributed by atoms with E-state index in [9.17, 15) is 35.9 Å². The largest absolute Gasteiger partial charge is 0.573 e. The van der Waals surface area contributed by atoms with E-state index >= 15 is 0 Å². The van der Waals surface area contributed by atoms with E-state index in [1.54, 1.807) is 0 Å². The molecular formula is C18H15ClF6N4O4. The molecule has 2 heterocycles. The molecule has 1 aliphatic heterocycles. The van der Waals surface area contributed by atoms with Gasteiger partial charge in [0.05, 0.1) is 5.02 Å². The van der Waals surface area contributed by atoms with Gasteiger partial charge in [-0.15, -0.1) is 13.2 Å². The van der Waals surface area contributed by atoms with E-state index in [0.29, 0.717) is 6.26 Å². The highest BCUT2D eigenvalue weighted by Crippen LogP contribution is 2.35. The molecule has 0 spiro atoms. The number of piperazine rings is 1. The molecule has 3 rings (SSSR count). The van der Waals surface area contributed by atoms with Crippen molar-refractivity contribution in [2.24, 2.45) is 0 Å². The summed E-state index contributed by atoms with van der Waals surface area (Å²) in [5.74, 6) is -2.79. The Hall–Kier alpha value is -3.16. The summed E-state index contributed by atoms with van der Waals surface area (Å²) in [4.78, 5) is 29.1. The number of hydrogen-bond donors (Lipinski definition) is 2. The summed E-state index contributed by atoms with van der Waals surface area (Å²) in [5.41, 5.74) is -0.413. The number of nitrogens with one attached hydrogen (secondary N) is 2. The summed E-state index contributed by atoms with van der Waals surface area (Å²) >= 11 is 5.85. The number of amides is 3. The highest BCUT2D eigenvalue weighted by Gasteiger charge is 2.39. The van der Waals surface area contributed by atoms with Gasteiger partial charge in [-0.1, -0.05) is 17.7 Å². The average Bonchev–Trinajstić information content (AvgIpc) is 3.19. The maximum atomic E-state index is 12.9. The Morgan fingerprint density at radius 1 is 1.33 bits per heavy atom. The average molecular weight is 501 g/mol. The number of halogens is 7. The van der Waals surface area contributed by atoms with Crippen molar-refractivity contribution in [3.63, 3.8) is 0 Å². The summed E-state index contributed by atoms with van der Waals surface area (Å²) in [5, 5.41) is 4.46. The lowest BCUT2D eigenvalue weighted by Gasteiger charge is -2.34. The van der Waals surface area contributed by atoms with Crippen molar-refractivity contribution >= 4 is 23.5 Å². The number of ether oxygens (including phenoxy) is 1. The van der Waals surface area contributed by atoms with Gasteiger partial charge >= 0.3 is 24.5 Å². The minimum absolute atomic E-state index is 0.0148. The molecule has 1 aromatic carbocycles. The number of oxazole rings is 1. The highest BCUT2D eigenvalue weighted by molar-refractivity contribution is 6.32. The number of alkyl halides is 6. The molecule has 1 aliphatic rings. The van der Waals surface area contributed by atoms with Crippen LogP contribution in [0.3, 0.4) is 0 Å². The molecule has 1 saturated heterocycles. The Morgan fingerprint density at radius 2 is 2.03 bits per heavy atom. The predicted molar refractivity (Wildman–Crippen MR) is 99.2 cm³/mol. The van der Waals surface area contributed by atoms with Crippen LogP contribution in [-0.2, 0) is 11.0 Å². The fourth-order valence-electron chi connectivity index (χ4n) is 3.05. The molecule has 0 aliphatic carbocycles. The molecule has 8 nitrogen and oxygen atoms in total. The summed E-state index contributed by atoms with van der Waals surface area (Å²) in [7, 11) is 0. The highest BCUT2D eigenvalue weighted by atomic mass is 35.5. The first-order valence-corrected chi connectivity index (χ1v) is 9.56. The second kappa shape index (κ2) is 9.00. The maximum absolute atomic E-state index is 12.9. The van der Waals surface area contributed by atoms with Crippen LogP contribution in [0.4, 0.5) is 31.1 Å². The zero-order valence-electron chi connectivity index (χ0n) is 16.6. The molecule has 0 bridgehead atoms. The maximum Gasteiger partial charge on any atom is 0.573 e. The molecule has 15 heteroatoms. The van der Waals surface area contributed by atoms with E-state index in [2.05, 4.69) is 24.8 Å². The summed E-state index contributed by atoms with van der Waals surface area (Å²) < 4.78 is 84.6. The Balaban J connectivity index is 1.95. The summed E-state index contributed by atoms with van der Waals surface area (Å²) in [6.07, 6.45) is -9.31. The standard InChI is InChI=1S/C18H15ClF6N4O4/c1-8-14(30)26-4-5-29(8)16(31)28-13(11-7-32-15(27-11)17(20,21)22)9-2-3-12(10(19)6-9)33-18(23,24)25/h2-3,6-8,13H,4-5H2,1H3,(H,26,30)(H,28,31)/t8-,13-/m1/s1. The van der Waals surface area contributed by atoms with Crippen molar-refractivity contribution in [2.45, 2.75) is 31.5 Å². The minimum Gasteiger partial charge on any atom is -0.441 e. The van der Waals surface area contributed by atoms with Gasteiger partial charge < -0.3 is 24.7 Å². The lowest BCUT2D eigenvalue weighted by atomic mass is 10.0. The third kappa shape index (κ3) is 5.80. The van der Waals surface area contributed by atoms with Crippen LogP contribution in [0.25, 0.3) is 0 Å². The number of nitrogens with zero attached hydrogens (tertiary/aromatic N) is 2. The number of benzene rings is 1. The van der Waals surface area contributed by atoms with Crippen molar-refractivity contribution in [1.29, 1.82) is 0 Å². The smallest absolute Gasteiger partial charge is 0.441 e. The lowest BCUT2D eigenvalue weighted by molar-refractivity contribution is -0.274. The molecule has 3 amide bonds. The number of aromatic nitrogens is 1. The Kier molecular flexibility index (Phi) is 6.68. The van der Waals surface area contributed by atoms with Gasteiger partial charge in [0.15, 0.2) is 0 Å². The van der Waals surface area contributed by atoms with Crippen LogP contribution in [0, 0.1) is 0 Å². The number of rotatable bonds is 4. The van der Waals surface area contributed by atoms with Crippen LogP contribution in [0.5, 0.6) is 5.75 Å². The van der Waals surface area contributed by atoms with E-state index < -0.39 is 58.9 Å². The van der Waals surface area contributed by atoms with Gasteiger partial charge in [-0.05, 0) is 24.6 Å². The molecular weight excluding hydrogens is 486 g/mol. The van der Waals surface area contributed by atoms with Gasteiger partial charge in [-0.2, -0.15) is 13.2 Å². The van der Waals surface area contributed by atoms with E-state index in [1.165, 1.54) is 6.92 Å². The first kappa shape index (κ1) is 24.5. The molecule has 0 saturated carbocycles. The molecule has 0 unspecified atom stereocenters. The van der Waals surface area contributed by atoms with E-state index in [1.807, 2.05) is 0 Å². The number of carbonyl (C=O) groups is 2. The third-order valence-corrected chi connectivity index (χ3v) is 4.90. The molecule has 0 radical (unpaired) electrons. The van der Waals surface area contributed by atoms with Crippen molar-refractivity contribution in [1.82, 2.24) is 20.5 Å². The monoisotopic (exact) mass is 500 g/mol. The SMILES string of the molecule is C[C@@H]1C(=O)NCCN1C(=O)N[C@H](c1ccc(OC(F)(F)F)c(Cl)c1)c1coc(C(F)(F)F)n1.